The number of aliphatic hydroxyl groups excluding tert-OH is 1. The fraction of sp³-hybridized carbons (Fsp3) is 1.00. The van der Waals surface area contributed by atoms with Gasteiger partial charge in [0.05, 0.1) is 6.61 Å². The van der Waals surface area contributed by atoms with Crippen LogP contribution in [0, 0.1) is 0 Å². The second-order valence-corrected chi connectivity index (χ2v) is 5.87. The first-order valence-electron chi connectivity index (χ1n) is 7.36. The van der Waals surface area contributed by atoms with Crippen molar-refractivity contribution >= 4 is 0 Å². The van der Waals surface area contributed by atoms with Crippen molar-refractivity contribution in [3.05, 3.63) is 0 Å². The van der Waals surface area contributed by atoms with Crippen molar-refractivity contribution < 1.29 is 5.11 Å². The van der Waals surface area contributed by atoms with Gasteiger partial charge in [-0.2, -0.15) is 0 Å². The van der Waals surface area contributed by atoms with Gasteiger partial charge in [-0.3, -0.25) is 4.90 Å². The summed E-state index contributed by atoms with van der Waals surface area (Å²) in [6.07, 6.45) is 10.9. The van der Waals surface area contributed by atoms with Crippen molar-refractivity contribution in [3.63, 3.8) is 0 Å². The van der Waals surface area contributed by atoms with E-state index in [-0.39, 0.29) is 12.1 Å². The van der Waals surface area contributed by atoms with Crippen LogP contribution in [0.3, 0.4) is 0 Å². The highest BCUT2D eigenvalue weighted by molar-refractivity contribution is 4.77. The molecule has 0 rings (SSSR count). The fourth-order valence-corrected chi connectivity index (χ4v) is 1.91. The minimum absolute atomic E-state index is 0.0683. The monoisotopic (exact) mass is 243 g/mol. The average molecular weight is 243 g/mol. The Balaban J connectivity index is 3.34. The van der Waals surface area contributed by atoms with Crippen LogP contribution in [0.4, 0.5) is 0 Å². The highest BCUT2D eigenvalue weighted by atomic mass is 16.3. The first-order valence-corrected chi connectivity index (χ1v) is 7.36. The molecule has 0 saturated carbocycles. The molecule has 0 heterocycles. The molecule has 0 aliphatic rings. The number of likely N-dealkylation sites (N-methyl/N-ethyl adjacent to an activating group) is 1. The predicted octanol–water partition coefficient (Wildman–Crippen LogP) is 3.83. The van der Waals surface area contributed by atoms with Crippen molar-refractivity contribution in [2.75, 3.05) is 20.2 Å². The molecule has 0 fully saturated rings. The van der Waals surface area contributed by atoms with Crippen LogP contribution in [0.1, 0.15) is 72.1 Å². The van der Waals surface area contributed by atoms with Gasteiger partial charge in [0.15, 0.2) is 0 Å². The predicted molar refractivity (Wildman–Crippen MR) is 76.4 cm³/mol. The fourth-order valence-electron chi connectivity index (χ4n) is 1.91. The van der Waals surface area contributed by atoms with Crippen molar-refractivity contribution in [3.8, 4) is 0 Å². The van der Waals surface area contributed by atoms with Crippen LogP contribution in [-0.2, 0) is 0 Å². The van der Waals surface area contributed by atoms with Gasteiger partial charge < -0.3 is 5.11 Å². The van der Waals surface area contributed by atoms with Gasteiger partial charge in [-0.1, -0.05) is 51.9 Å². The topological polar surface area (TPSA) is 23.5 Å². The molecule has 0 aromatic rings. The molecule has 0 bridgehead atoms. The van der Waals surface area contributed by atoms with E-state index in [4.69, 9.17) is 0 Å². The summed E-state index contributed by atoms with van der Waals surface area (Å²) in [6.45, 7) is 7.79. The Bertz CT molecular complexity index is 168. The van der Waals surface area contributed by atoms with E-state index in [0.29, 0.717) is 0 Å². The smallest absolute Gasteiger partial charge is 0.0609 e. The Morgan fingerprint density at radius 3 is 1.82 bits per heavy atom. The Kier molecular flexibility index (Phi) is 9.85. The zero-order chi connectivity index (χ0) is 13.1. The van der Waals surface area contributed by atoms with E-state index >= 15 is 0 Å². The van der Waals surface area contributed by atoms with Crippen LogP contribution in [0.5, 0.6) is 0 Å². The molecule has 1 N–H and O–H groups in total. The molecule has 0 spiro atoms. The van der Waals surface area contributed by atoms with Crippen LogP contribution < -0.4 is 0 Å². The maximum atomic E-state index is 9.25. The van der Waals surface area contributed by atoms with E-state index in [1.807, 2.05) is 0 Å². The lowest BCUT2D eigenvalue weighted by Gasteiger charge is -2.33. The SMILES string of the molecule is CCCCCCCCCCN(C)C(C)(C)CO. The summed E-state index contributed by atoms with van der Waals surface area (Å²) in [4.78, 5) is 2.27. The van der Waals surface area contributed by atoms with E-state index in [0.717, 1.165) is 6.54 Å². The van der Waals surface area contributed by atoms with E-state index in [9.17, 15) is 5.11 Å². The van der Waals surface area contributed by atoms with E-state index < -0.39 is 0 Å². The lowest BCUT2D eigenvalue weighted by molar-refractivity contribution is 0.0776. The van der Waals surface area contributed by atoms with Crippen molar-refractivity contribution in [2.24, 2.45) is 0 Å². The molecule has 0 aromatic carbocycles. The number of hydrogen-bond acceptors (Lipinski definition) is 2. The van der Waals surface area contributed by atoms with Gasteiger partial charge in [0.1, 0.15) is 0 Å². The number of unbranched alkanes of at least 4 members (excludes halogenated alkanes) is 7. The minimum atomic E-state index is -0.0683. The van der Waals surface area contributed by atoms with Crippen LogP contribution in [0.15, 0.2) is 0 Å². The first-order chi connectivity index (χ1) is 8.04. The molecule has 0 aliphatic heterocycles. The minimum Gasteiger partial charge on any atom is -0.394 e. The molecular weight excluding hydrogens is 210 g/mol. The second-order valence-electron chi connectivity index (χ2n) is 5.87. The summed E-state index contributed by atoms with van der Waals surface area (Å²) in [5, 5.41) is 9.25. The number of aliphatic hydroxyl groups is 1. The maximum absolute atomic E-state index is 9.25. The Hall–Kier alpha value is -0.0800. The molecule has 0 amide bonds. The van der Waals surface area contributed by atoms with Gasteiger partial charge in [-0.15, -0.1) is 0 Å². The van der Waals surface area contributed by atoms with Crippen molar-refractivity contribution in [1.82, 2.24) is 4.90 Å². The molecule has 0 unspecified atom stereocenters. The summed E-state index contributed by atoms with van der Waals surface area (Å²) in [5.41, 5.74) is -0.0683. The largest absolute Gasteiger partial charge is 0.394 e. The summed E-state index contributed by atoms with van der Waals surface area (Å²) < 4.78 is 0. The second kappa shape index (κ2) is 9.90. The summed E-state index contributed by atoms with van der Waals surface area (Å²) in [6, 6.07) is 0. The summed E-state index contributed by atoms with van der Waals surface area (Å²) in [5.74, 6) is 0. The molecule has 0 saturated heterocycles. The number of nitrogens with zero attached hydrogens (tertiary/aromatic N) is 1. The third-order valence-corrected chi connectivity index (χ3v) is 3.77. The van der Waals surface area contributed by atoms with Gasteiger partial charge in [-0.25, -0.2) is 0 Å². The van der Waals surface area contributed by atoms with E-state index in [1.165, 1.54) is 51.4 Å². The highest BCUT2D eigenvalue weighted by Gasteiger charge is 2.21. The molecule has 2 heteroatoms. The highest BCUT2D eigenvalue weighted by Crippen LogP contribution is 2.13. The molecule has 0 radical (unpaired) electrons. The molecule has 17 heavy (non-hydrogen) atoms. The van der Waals surface area contributed by atoms with Crippen LogP contribution in [0.25, 0.3) is 0 Å². The van der Waals surface area contributed by atoms with Crippen molar-refractivity contribution in [1.29, 1.82) is 0 Å². The molecule has 2 nitrogen and oxygen atoms in total. The van der Waals surface area contributed by atoms with Crippen LogP contribution in [0.2, 0.25) is 0 Å². The standard InChI is InChI=1S/C15H33NO/c1-5-6-7-8-9-10-11-12-13-16(4)15(2,3)14-17/h17H,5-14H2,1-4H3. The third-order valence-electron chi connectivity index (χ3n) is 3.77. The summed E-state index contributed by atoms with van der Waals surface area (Å²) in [7, 11) is 2.11. The van der Waals surface area contributed by atoms with Crippen LogP contribution >= 0.6 is 0 Å². The first kappa shape index (κ1) is 16.9. The molecule has 0 aromatic heterocycles. The van der Waals surface area contributed by atoms with E-state index in [2.05, 4.69) is 32.7 Å². The molecule has 0 atom stereocenters. The van der Waals surface area contributed by atoms with Gasteiger partial charge in [0.2, 0.25) is 0 Å². The normalized spacial score (nSPS) is 12.4. The molecule has 104 valence electrons. The Morgan fingerprint density at radius 2 is 1.35 bits per heavy atom. The Morgan fingerprint density at radius 1 is 0.882 bits per heavy atom. The van der Waals surface area contributed by atoms with Gasteiger partial charge in [0, 0.05) is 5.54 Å². The lowest BCUT2D eigenvalue weighted by atomic mass is 10.0. The number of rotatable bonds is 11. The van der Waals surface area contributed by atoms with Gasteiger partial charge in [-0.05, 0) is 33.9 Å². The lowest BCUT2D eigenvalue weighted by Crippen LogP contribution is -2.44. The van der Waals surface area contributed by atoms with Gasteiger partial charge >= 0.3 is 0 Å². The number of hydrogen-bond donors (Lipinski definition) is 1. The Labute approximate surface area is 108 Å². The third kappa shape index (κ3) is 8.62. The average Bonchev–Trinajstić information content (AvgIpc) is 2.32. The summed E-state index contributed by atoms with van der Waals surface area (Å²) >= 11 is 0. The van der Waals surface area contributed by atoms with Crippen molar-refractivity contribution in [2.45, 2.75) is 77.7 Å². The quantitative estimate of drug-likeness (QED) is 0.558. The zero-order valence-electron chi connectivity index (χ0n) is 12.5. The van der Waals surface area contributed by atoms with Crippen LogP contribution in [-0.4, -0.2) is 35.7 Å². The maximum Gasteiger partial charge on any atom is 0.0609 e. The molecular formula is C15H33NO. The zero-order valence-corrected chi connectivity index (χ0v) is 12.5. The van der Waals surface area contributed by atoms with E-state index in [1.54, 1.807) is 0 Å². The molecule has 0 aliphatic carbocycles. The van der Waals surface area contributed by atoms with Gasteiger partial charge in [0.25, 0.3) is 0 Å².